The van der Waals surface area contributed by atoms with E-state index in [1.807, 2.05) is 30.5 Å². The molecule has 6 nitrogen and oxygen atoms in total. The molecule has 0 amide bonds. The van der Waals surface area contributed by atoms with Gasteiger partial charge in [-0.2, -0.15) is 0 Å². The molecule has 0 fully saturated rings. The second-order valence-corrected chi connectivity index (χ2v) is 7.54. The molecule has 0 saturated heterocycles. The predicted molar refractivity (Wildman–Crippen MR) is 109 cm³/mol. The van der Waals surface area contributed by atoms with Gasteiger partial charge in [-0.25, -0.2) is 13.9 Å². The van der Waals surface area contributed by atoms with E-state index in [2.05, 4.69) is 22.0 Å². The van der Waals surface area contributed by atoms with E-state index in [1.165, 1.54) is 29.0 Å². The van der Waals surface area contributed by atoms with Gasteiger partial charge in [-0.15, -0.1) is 5.10 Å². The van der Waals surface area contributed by atoms with E-state index in [-0.39, 0.29) is 12.6 Å². The molecule has 4 aromatic rings. The standard InChI is InChI=1S/C21H17FN4O2S/c22-17-8-4-7-16(9-17)19-12-26-20(23-19)29-21(24-26)25(11-18-13-27-14-28-18)10-15-5-2-1-3-6-15/h1-9,12-13H,10-11,14H2. The largest absolute Gasteiger partial charge is 0.462 e. The Hall–Kier alpha value is -3.39. The van der Waals surface area contributed by atoms with Crippen LogP contribution >= 0.6 is 11.3 Å². The van der Waals surface area contributed by atoms with E-state index in [4.69, 9.17) is 14.6 Å². The Morgan fingerprint density at radius 2 is 2.00 bits per heavy atom. The van der Waals surface area contributed by atoms with Crippen molar-refractivity contribution < 1.29 is 13.9 Å². The Kier molecular flexibility index (Phi) is 4.61. The molecule has 8 heteroatoms. The fraction of sp³-hybridized carbons (Fsp3) is 0.143. The Morgan fingerprint density at radius 3 is 2.76 bits per heavy atom. The van der Waals surface area contributed by atoms with Crippen molar-refractivity contribution in [1.82, 2.24) is 14.6 Å². The number of anilines is 1. The molecule has 0 spiro atoms. The molecule has 146 valence electrons. The Bertz CT molecular complexity index is 1140. The van der Waals surface area contributed by atoms with Gasteiger partial charge in [0.1, 0.15) is 12.1 Å². The topological polar surface area (TPSA) is 51.9 Å². The lowest BCUT2D eigenvalue weighted by atomic mass is 10.2. The first kappa shape index (κ1) is 17.7. The maximum Gasteiger partial charge on any atom is 0.229 e. The zero-order valence-electron chi connectivity index (χ0n) is 15.4. The summed E-state index contributed by atoms with van der Waals surface area (Å²) in [7, 11) is 0. The van der Waals surface area contributed by atoms with E-state index in [1.54, 1.807) is 16.8 Å². The summed E-state index contributed by atoms with van der Waals surface area (Å²) in [5.41, 5.74) is 2.59. The molecule has 0 bridgehead atoms. The summed E-state index contributed by atoms with van der Waals surface area (Å²) in [4.78, 5) is 7.49. The maximum atomic E-state index is 13.5. The molecule has 29 heavy (non-hydrogen) atoms. The second-order valence-electron chi connectivity index (χ2n) is 6.60. The van der Waals surface area contributed by atoms with Crippen LogP contribution in [0.15, 0.2) is 72.8 Å². The van der Waals surface area contributed by atoms with Crippen molar-refractivity contribution in [3.05, 3.63) is 84.2 Å². The Balaban J connectivity index is 1.45. The van der Waals surface area contributed by atoms with Crippen LogP contribution in [0.1, 0.15) is 5.56 Å². The molecule has 0 unspecified atom stereocenters. The van der Waals surface area contributed by atoms with Crippen LogP contribution in [-0.4, -0.2) is 27.9 Å². The van der Waals surface area contributed by atoms with E-state index in [0.29, 0.717) is 18.8 Å². The quantitative estimate of drug-likeness (QED) is 0.472. The van der Waals surface area contributed by atoms with Crippen molar-refractivity contribution in [2.24, 2.45) is 0 Å². The van der Waals surface area contributed by atoms with Crippen molar-refractivity contribution in [2.45, 2.75) is 6.54 Å². The van der Waals surface area contributed by atoms with E-state index < -0.39 is 0 Å². The number of aromatic nitrogens is 3. The van der Waals surface area contributed by atoms with Gasteiger partial charge in [0.2, 0.25) is 16.9 Å². The molecule has 0 radical (unpaired) electrons. The van der Waals surface area contributed by atoms with Crippen molar-refractivity contribution in [3.8, 4) is 11.3 Å². The summed E-state index contributed by atoms with van der Waals surface area (Å²) < 4.78 is 25.9. The number of nitrogens with zero attached hydrogens (tertiary/aromatic N) is 4. The number of rotatable bonds is 6. The van der Waals surface area contributed by atoms with E-state index >= 15 is 0 Å². The average molecular weight is 408 g/mol. The van der Waals surface area contributed by atoms with Gasteiger partial charge in [-0.3, -0.25) is 0 Å². The highest BCUT2D eigenvalue weighted by molar-refractivity contribution is 7.20. The number of hydrogen-bond donors (Lipinski definition) is 0. The van der Waals surface area contributed by atoms with Crippen LogP contribution < -0.4 is 4.90 Å². The SMILES string of the molecule is Fc1cccc(-c2cn3nc(N(CC4=COCO4)Cc4ccccc4)sc3n2)c1. The lowest BCUT2D eigenvalue weighted by Gasteiger charge is -2.21. The minimum Gasteiger partial charge on any atom is -0.462 e. The van der Waals surface area contributed by atoms with Gasteiger partial charge >= 0.3 is 0 Å². The van der Waals surface area contributed by atoms with Gasteiger partial charge in [0.15, 0.2) is 5.76 Å². The molecule has 2 aromatic heterocycles. The third kappa shape index (κ3) is 3.79. The van der Waals surface area contributed by atoms with Crippen LogP contribution in [0.3, 0.4) is 0 Å². The highest BCUT2D eigenvalue weighted by Gasteiger charge is 2.19. The molecular weight excluding hydrogens is 391 g/mol. The molecule has 1 aliphatic rings. The molecule has 1 aliphatic heterocycles. The second kappa shape index (κ2) is 7.56. The number of halogens is 1. The van der Waals surface area contributed by atoms with Crippen molar-refractivity contribution >= 4 is 21.4 Å². The van der Waals surface area contributed by atoms with Gasteiger partial charge in [0.05, 0.1) is 18.4 Å². The molecule has 2 aromatic carbocycles. The highest BCUT2D eigenvalue weighted by atomic mass is 32.1. The molecular formula is C21H17FN4O2S. The lowest BCUT2D eigenvalue weighted by molar-refractivity contribution is 0.0797. The van der Waals surface area contributed by atoms with Crippen molar-refractivity contribution in [2.75, 3.05) is 18.2 Å². The molecule has 0 N–H and O–H groups in total. The highest BCUT2D eigenvalue weighted by Crippen LogP contribution is 2.29. The number of fused-ring (bicyclic) bond motifs is 1. The van der Waals surface area contributed by atoms with Crippen LogP contribution in [0.25, 0.3) is 16.2 Å². The van der Waals surface area contributed by atoms with E-state index in [9.17, 15) is 4.39 Å². The Morgan fingerprint density at radius 1 is 1.10 bits per heavy atom. The van der Waals surface area contributed by atoms with Crippen LogP contribution in [-0.2, 0) is 16.0 Å². The normalized spacial score (nSPS) is 13.2. The minimum absolute atomic E-state index is 0.243. The third-order valence-electron chi connectivity index (χ3n) is 4.51. The summed E-state index contributed by atoms with van der Waals surface area (Å²) in [6.45, 7) is 1.46. The Labute approximate surface area is 170 Å². The van der Waals surface area contributed by atoms with Crippen molar-refractivity contribution in [3.63, 3.8) is 0 Å². The number of benzene rings is 2. The first-order valence-electron chi connectivity index (χ1n) is 9.09. The van der Waals surface area contributed by atoms with E-state index in [0.717, 1.165) is 21.4 Å². The van der Waals surface area contributed by atoms with Gasteiger partial charge < -0.3 is 14.4 Å². The smallest absolute Gasteiger partial charge is 0.229 e. The lowest BCUT2D eigenvalue weighted by Crippen LogP contribution is -2.25. The third-order valence-corrected chi connectivity index (χ3v) is 5.50. The first-order valence-corrected chi connectivity index (χ1v) is 9.91. The average Bonchev–Trinajstić information content (AvgIpc) is 3.45. The zero-order chi connectivity index (χ0) is 19.6. The van der Waals surface area contributed by atoms with Crippen molar-refractivity contribution in [1.29, 1.82) is 0 Å². The minimum atomic E-state index is -0.284. The summed E-state index contributed by atoms with van der Waals surface area (Å²) >= 11 is 1.48. The molecule has 3 heterocycles. The first-order chi connectivity index (χ1) is 14.2. The summed E-state index contributed by atoms with van der Waals surface area (Å²) in [5, 5.41) is 5.52. The summed E-state index contributed by atoms with van der Waals surface area (Å²) in [5.74, 6) is 0.475. The van der Waals surface area contributed by atoms with Gasteiger partial charge in [0.25, 0.3) is 0 Å². The van der Waals surface area contributed by atoms with Crippen LogP contribution in [0.4, 0.5) is 9.52 Å². The summed E-state index contributed by atoms with van der Waals surface area (Å²) in [6.07, 6.45) is 3.46. The molecule has 0 atom stereocenters. The summed E-state index contributed by atoms with van der Waals surface area (Å²) in [6, 6.07) is 16.6. The number of imidazole rings is 1. The van der Waals surface area contributed by atoms with Gasteiger partial charge in [-0.1, -0.05) is 53.8 Å². The van der Waals surface area contributed by atoms with Gasteiger partial charge in [0, 0.05) is 12.1 Å². The van der Waals surface area contributed by atoms with Crippen LogP contribution in [0.2, 0.25) is 0 Å². The fourth-order valence-corrected chi connectivity index (χ4v) is 4.02. The van der Waals surface area contributed by atoms with Crippen LogP contribution in [0, 0.1) is 5.82 Å². The van der Waals surface area contributed by atoms with Gasteiger partial charge in [-0.05, 0) is 17.7 Å². The number of ether oxygens (including phenoxy) is 2. The number of hydrogen-bond acceptors (Lipinski definition) is 6. The molecule has 0 aliphatic carbocycles. The monoisotopic (exact) mass is 408 g/mol. The molecule has 0 saturated carbocycles. The molecule has 5 rings (SSSR count). The maximum absolute atomic E-state index is 13.5. The fourth-order valence-electron chi connectivity index (χ4n) is 3.14. The zero-order valence-corrected chi connectivity index (χ0v) is 16.2. The van der Waals surface area contributed by atoms with Crippen LogP contribution in [0.5, 0.6) is 0 Å². The predicted octanol–water partition coefficient (Wildman–Crippen LogP) is 4.45.